The molecule has 0 radical (unpaired) electrons. The van der Waals surface area contributed by atoms with Gasteiger partial charge in [0.1, 0.15) is 5.75 Å². The summed E-state index contributed by atoms with van der Waals surface area (Å²) >= 11 is 0. The lowest BCUT2D eigenvalue weighted by Gasteiger charge is -2.31. The molecule has 2 rings (SSSR count). The molecule has 0 aliphatic rings. The van der Waals surface area contributed by atoms with Gasteiger partial charge in [-0.25, -0.2) is 0 Å². The van der Waals surface area contributed by atoms with E-state index >= 15 is 0 Å². The molecule has 4 nitrogen and oxygen atoms in total. The van der Waals surface area contributed by atoms with E-state index in [1.807, 2.05) is 42.6 Å². The standard InChI is InChI=1S/C16H21NO3/c1-20-14-6-4-13(5-7-14)11-16(12-19,8-10-18)15-3-2-9-17-15/h2-7,9,17-19H,8,10-12H2,1H3. The van der Waals surface area contributed by atoms with Crippen molar-refractivity contribution in [2.45, 2.75) is 18.3 Å². The first-order chi connectivity index (χ1) is 9.74. The Bertz CT molecular complexity index is 507. The van der Waals surface area contributed by atoms with Crippen molar-refractivity contribution in [1.82, 2.24) is 4.98 Å². The van der Waals surface area contributed by atoms with Crippen LogP contribution in [0.4, 0.5) is 0 Å². The third-order valence-electron chi connectivity index (χ3n) is 3.76. The maximum Gasteiger partial charge on any atom is 0.118 e. The second-order valence-corrected chi connectivity index (χ2v) is 5.02. The van der Waals surface area contributed by atoms with Crippen LogP contribution in [0.2, 0.25) is 0 Å². The number of hydrogen-bond acceptors (Lipinski definition) is 3. The first-order valence-corrected chi connectivity index (χ1v) is 6.72. The zero-order valence-electron chi connectivity index (χ0n) is 11.7. The molecule has 0 bridgehead atoms. The van der Waals surface area contributed by atoms with Crippen molar-refractivity contribution in [2.75, 3.05) is 20.3 Å². The van der Waals surface area contributed by atoms with Gasteiger partial charge in [0.2, 0.25) is 0 Å². The minimum absolute atomic E-state index is 0.0138. The van der Waals surface area contributed by atoms with Gasteiger partial charge in [-0.1, -0.05) is 12.1 Å². The van der Waals surface area contributed by atoms with Crippen LogP contribution < -0.4 is 4.74 Å². The average molecular weight is 275 g/mol. The van der Waals surface area contributed by atoms with Crippen LogP contribution in [0.3, 0.4) is 0 Å². The molecule has 0 spiro atoms. The molecular formula is C16H21NO3. The number of hydrogen-bond donors (Lipinski definition) is 3. The quantitative estimate of drug-likeness (QED) is 0.723. The highest BCUT2D eigenvalue weighted by atomic mass is 16.5. The Morgan fingerprint density at radius 1 is 1.15 bits per heavy atom. The summed E-state index contributed by atoms with van der Waals surface area (Å²) in [6.45, 7) is 0.0236. The lowest BCUT2D eigenvalue weighted by atomic mass is 9.77. The van der Waals surface area contributed by atoms with E-state index in [2.05, 4.69) is 4.98 Å². The summed E-state index contributed by atoms with van der Waals surface area (Å²) in [4.78, 5) is 3.16. The third kappa shape index (κ3) is 3.03. The molecule has 0 aliphatic carbocycles. The van der Waals surface area contributed by atoms with Crippen LogP contribution in [-0.4, -0.2) is 35.5 Å². The lowest BCUT2D eigenvalue weighted by molar-refractivity contribution is 0.148. The fourth-order valence-corrected chi connectivity index (χ4v) is 2.55. The molecular weight excluding hydrogens is 254 g/mol. The van der Waals surface area contributed by atoms with E-state index in [0.29, 0.717) is 12.8 Å². The molecule has 3 N–H and O–H groups in total. The van der Waals surface area contributed by atoms with Crippen LogP contribution in [0.15, 0.2) is 42.6 Å². The third-order valence-corrected chi connectivity index (χ3v) is 3.76. The summed E-state index contributed by atoms with van der Waals surface area (Å²) in [6, 6.07) is 11.7. The smallest absolute Gasteiger partial charge is 0.118 e. The molecule has 20 heavy (non-hydrogen) atoms. The second kappa shape index (κ2) is 6.59. The van der Waals surface area contributed by atoms with Crippen molar-refractivity contribution in [3.05, 3.63) is 53.9 Å². The van der Waals surface area contributed by atoms with Crippen molar-refractivity contribution in [3.63, 3.8) is 0 Å². The van der Waals surface area contributed by atoms with Gasteiger partial charge in [-0.2, -0.15) is 0 Å². The highest BCUT2D eigenvalue weighted by molar-refractivity contribution is 5.30. The molecule has 0 fully saturated rings. The van der Waals surface area contributed by atoms with Crippen molar-refractivity contribution in [2.24, 2.45) is 0 Å². The summed E-state index contributed by atoms with van der Waals surface area (Å²) in [5.74, 6) is 0.811. The molecule has 1 heterocycles. The van der Waals surface area contributed by atoms with Gasteiger partial charge in [-0.3, -0.25) is 0 Å². The van der Waals surface area contributed by atoms with Crippen LogP contribution >= 0.6 is 0 Å². The molecule has 1 unspecified atom stereocenters. The van der Waals surface area contributed by atoms with Crippen LogP contribution in [0.1, 0.15) is 17.7 Å². The first-order valence-electron chi connectivity index (χ1n) is 6.72. The van der Waals surface area contributed by atoms with Crippen LogP contribution in [-0.2, 0) is 11.8 Å². The fourth-order valence-electron chi connectivity index (χ4n) is 2.55. The molecule has 1 aromatic carbocycles. The highest BCUT2D eigenvalue weighted by Crippen LogP contribution is 2.31. The van der Waals surface area contributed by atoms with E-state index in [1.165, 1.54) is 0 Å². The Hall–Kier alpha value is -1.78. The monoisotopic (exact) mass is 275 g/mol. The number of aromatic amines is 1. The molecule has 4 heteroatoms. The number of H-pyrrole nitrogens is 1. The zero-order chi connectivity index (χ0) is 14.4. The van der Waals surface area contributed by atoms with Crippen molar-refractivity contribution in [3.8, 4) is 5.75 Å². The minimum atomic E-state index is -0.479. The Balaban J connectivity index is 2.27. The summed E-state index contributed by atoms with van der Waals surface area (Å²) in [6.07, 6.45) is 3.01. The number of methoxy groups -OCH3 is 1. The summed E-state index contributed by atoms with van der Waals surface area (Å²) in [5, 5.41) is 19.2. The van der Waals surface area contributed by atoms with Gasteiger partial charge in [-0.05, 0) is 42.7 Å². The van der Waals surface area contributed by atoms with E-state index in [0.717, 1.165) is 17.0 Å². The Kier molecular flexibility index (Phi) is 4.82. The summed E-state index contributed by atoms with van der Waals surface area (Å²) in [7, 11) is 1.64. The van der Waals surface area contributed by atoms with E-state index in [4.69, 9.17) is 4.74 Å². The summed E-state index contributed by atoms with van der Waals surface area (Å²) in [5.41, 5.74) is 1.57. The van der Waals surface area contributed by atoms with E-state index in [-0.39, 0.29) is 13.2 Å². The molecule has 1 aromatic heterocycles. The Morgan fingerprint density at radius 2 is 1.90 bits per heavy atom. The van der Waals surface area contributed by atoms with Gasteiger partial charge >= 0.3 is 0 Å². The maximum atomic E-state index is 9.89. The van der Waals surface area contributed by atoms with Gasteiger partial charge in [0.05, 0.1) is 13.7 Å². The topological polar surface area (TPSA) is 65.5 Å². The van der Waals surface area contributed by atoms with E-state index < -0.39 is 5.41 Å². The van der Waals surface area contributed by atoms with Gasteiger partial charge in [0, 0.05) is 23.9 Å². The predicted octanol–water partition coefficient (Wildman–Crippen LogP) is 1.88. The second-order valence-electron chi connectivity index (χ2n) is 5.02. The van der Waals surface area contributed by atoms with E-state index in [1.54, 1.807) is 7.11 Å². The van der Waals surface area contributed by atoms with Crippen molar-refractivity contribution >= 4 is 0 Å². The molecule has 0 amide bonds. The predicted molar refractivity (Wildman–Crippen MR) is 78.0 cm³/mol. The van der Waals surface area contributed by atoms with Gasteiger partial charge in [-0.15, -0.1) is 0 Å². The zero-order valence-corrected chi connectivity index (χ0v) is 11.7. The summed E-state index contributed by atoms with van der Waals surface area (Å²) < 4.78 is 5.15. The molecule has 2 aromatic rings. The lowest BCUT2D eigenvalue weighted by Crippen LogP contribution is -2.35. The van der Waals surface area contributed by atoms with Gasteiger partial charge in [0.25, 0.3) is 0 Å². The van der Waals surface area contributed by atoms with Crippen LogP contribution in [0.25, 0.3) is 0 Å². The molecule has 108 valence electrons. The number of nitrogens with one attached hydrogen (secondary N) is 1. The molecule has 0 aliphatic heterocycles. The highest BCUT2D eigenvalue weighted by Gasteiger charge is 2.32. The van der Waals surface area contributed by atoms with E-state index in [9.17, 15) is 10.2 Å². The van der Waals surface area contributed by atoms with Crippen molar-refractivity contribution < 1.29 is 14.9 Å². The maximum absolute atomic E-state index is 9.89. The molecule has 1 atom stereocenters. The van der Waals surface area contributed by atoms with Crippen LogP contribution in [0, 0.1) is 0 Å². The number of aliphatic hydroxyl groups excluding tert-OH is 2. The molecule has 0 saturated heterocycles. The fraction of sp³-hybridized carbons (Fsp3) is 0.375. The number of aromatic nitrogens is 1. The van der Waals surface area contributed by atoms with Gasteiger partial charge in [0.15, 0.2) is 0 Å². The number of ether oxygens (including phenoxy) is 1. The minimum Gasteiger partial charge on any atom is -0.497 e. The Morgan fingerprint density at radius 3 is 2.40 bits per heavy atom. The Labute approximate surface area is 119 Å². The largest absolute Gasteiger partial charge is 0.497 e. The number of aliphatic hydroxyl groups is 2. The van der Waals surface area contributed by atoms with Crippen molar-refractivity contribution in [1.29, 1.82) is 0 Å². The van der Waals surface area contributed by atoms with Crippen LogP contribution in [0.5, 0.6) is 5.75 Å². The van der Waals surface area contributed by atoms with Gasteiger partial charge < -0.3 is 19.9 Å². The molecule has 0 saturated carbocycles. The first kappa shape index (κ1) is 14.6. The number of benzene rings is 1. The average Bonchev–Trinajstić information content (AvgIpc) is 3.02. The number of rotatable bonds is 7. The normalized spacial score (nSPS) is 13.9. The SMILES string of the molecule is COc1ccc(CC(CO)(CCO)c2ccc[nH]2)cc1.